The fourth-order valence-electron chi connectivity index (χ4n) is 10.3. The predicted octanol–water partition coefficient (Wildman–Crippen LogP) is 6.27. The van der Waals surface area contributed by atoms with Crippen LogP contribution in [0.2, 0.25) is 0 Å². The van der Waals surface area contributed by atoms with Crippen LogP contribution in [0.5, 0.6) is 0 Å². The molecular formula is C26H40O2. The zero-order valence-electron chi connectivity index (χ0n) is 17.7. The van der Waals surface area contributed by atoms with E-state index >= 15 is 0 Å². The molecule has 0 radical (unpaired) electrons. The van der Waals surface area contributed by atoms with E-state index in [9.17, 15) is 0 Å². The summed E-state index contributed by atoms with van der Waals surface area (Å²) in [7, 11) is 0. The molecule has 2 heteroatoms. The van der Waals surface area contributed by atoms with Crippen molar-refractivity contribution in [2.75, 3.05) is 0 Å². The third kappa shape index (κ3) is 2.95. The second-order valence-corrected chi connectivity index (χ2v) is 12.8. The molecule has 0 atom stereocenters. The minimum absolute atomic E-state index is 0.299. The first kappa shape index (κ1) is 17.6. The van der Waals surface area contributed by atoms with Crippen molar-refractivity contribution >= 4 is 0 Å². The molecule has 0 saturated heterocycles. The van der Waals surface area contributed by atoms with E-state index in [4.69, 9.17) is 9.47 Å². The van der Waals surface area contributed by atoms with Crippen molar-refractivity contribution in [3.8, 4) is 0 Å². The van der Waals surface area contributed by atoms with Gasteiger partial charge < -0.3 is 9.47 Å². The van der Waals surface area contributed by atoms with Gasteiger partial charge in [-0.25, -0.2) is 0 Å². The zero-order valence-corrected chi connectivity index (χ0v) is 17.7. The van der Waals surface area contributed by atoms with Gasteiger partial charge in [0.25, 0.3) is 0 Å². The molecule has 8 bridgehead atoms. The summed E-state index contributed by atoms with van der Waals surface area (Å²) in [6.45, 7) is 0. The highest BCUT2D eigenvalue weighted by Crippen LogP contribution is 2.59. The Morgan fingerprint density at radius 1 is 0.393 bits per heavy atom. The molecule has 0 unspecified atom stereocenters. The Labute approximate surface area is 171 Å². The second kappa shape index (κ2) is 6.22. The minimum Gasteiger partial charge on any atom is -0.372 e. The molecule has 156 valence electrons. The fourth-order valence-corrected chi connectivity index (χ4v) is 10.3. The molecule has 0 spiro atoms. The maximum absolute atomic E-state index is 6.98. The lowest BCUT2D eigenvalue weighted by Crippen LogP contribution is -2.54. The lowest BCUT2D eigenvalue weighted by atomic mass is 9.54. The third-order valence-electron chi connectivity index (χ3n) is 10.4. The van der Waals surface area contributed by atoms with Crippen LogP contribution in [0.1, 0.15) is 103 Å². The molecule has 0 aliphatic heterocycles. The average Bonchev–Trinajstić information content (AvgIpc) is 2.60. The number of hydrogen-bond acceptors (Lipinski definition) is 2. The Bertz CT molecular complexity index is 491. The van der Waals surface area contributed by atoms with E-state index in [0.29, 0.717) is 23.4 Å². The van der Waals surface area contributed by atoms with Crippen molar-refractivity contribution in [1.82, 2.24) is 0 Å². The van der Waals surface area contributed by atoms with Crippen LogP contribution in [0.4, 0.5) is 0 Å². The van der Waals surface area contributed by atoms with Crippen LogP contribution in [0.25, 0.3) is 0 Å². The lowest BCUT2D eigenvalue weighted by Gasteiger charge is -2.58. The number of ether oxygens (including phenoxy) is 2. The van der Waals surface area contributed by atoms with Gasteiger partial charge in [0.2, 0.25) is 0 Å². The monoisotopic (exact) mass is 384 g/mol. The van der Waals surface area contributed by atoms with Crippen LogP contribution in [-0.4, -0.2) is 23.4 Å². The maximum atomic E-state index is 6.98. The summed E-state index contributed by atoms with van der Waals surface area (Å²) in [5, 5.41) is 0. The van der Waals surface area contributed by atoms with Crippen LogP contribution in [0.3, 0.4) is 0 Å². The maximum Gasteiger partial charge on any atom is 0.0694 e. The molecule has 9 fully saturated rings. The summed E-state index contributed by atoms with van der Waals surface area (Å²) in [6, 6.07) is 0. The Morgan fingerprint density at radius 2 is 0.643 bits per heavy atom. The second-order valence-electron chi connectivity index (χ2n) is 12.8. The quantitative estimate of drug-likeness (QED) is 0.569. The molecule has 0 N–H and O–H groups in total. The standard InChI is InChI=1S/C26H40O2/c1-2-24(28-26-14-20-8-21(15-26)10-22(9-20)16-26)4-3-23(1)27-25-11-17-5-18(12-25)7-19(6-17)13-25/h17-24H,1-16H2. The third-order valence-corrected chi connectivity index (χ3v) is 10.4. The van der Waals surface area contributed by atoms with Gasteiger partial charge >= 0.3 is 0 Å². The first-order chi connectivity index (χ1) is 13.6. The largest absolute Gasteiger partial charge is 0.372 e. The molecule has 9 saturated carbocycles. The van der Waals surface area contributed by atoms with Gasteiger partial charge in [-0.2, -0.15) is 0 Å². The molecular weight excluding hydrogens is 344 g/mol. The van der Waals surface area contributed by atoms with Gasteiger partial charge in [-0.05, 0) is 138 Å². The molecule has 9 rings (SSSR count). The van der Waals surface area contributed by atoms with E-state index in [1.807, 2.05) is 0 Å². The highest BCUT2D eigenvalue weighted by Gasteiger charge is 2.54. The predicted molar refractivity (Wildman–Crippen MR) is 110 cm³/mol. The topological polar surface area (TPSA) is 18.5 Å². The van der Waals surface area contributed by atoms with Gasteiger partial charge in [-0.1, -0.05) is 0 Å². The molecule has 0 aromatic rings. The Hall–Kier alpha value is -0.0800. The SMILES string of the molecule is C1C2CC3CC1CC(OC1CCC(OC45CC6CC(CC(C6)C4)C5)CC1)(C2)C3. The summed E-state index contributed by atoms with van der Waals surface area (Å²) in [5.41, 5.74) is 0.597. The van der Waals surface area contributed by atoms with Crippen molar-refractivity contribution in [2.45, 2.75) is 126 Å². The highest BCUT2D eigenvalue weighted by atomic mass is 16.5. The zero-order chi connectivity index (χ0) is 18.3. The summed E-state index contributed by atoms with van der Waals surface area (Å²) in [6.07, 6.45) is 23.6. The molecule has 2 nitrogen and oxygen atoms in total. The molecule has 0 aromatic carbocycles. The van der Waals surface area contributed by atoms with Crippen molar-refractivity contribution in [3.63, 3.8) is 0 Å². The van der Waals surface area contributed by atoms with Crippen molar-refractivity contribution in [3.05, 3.63) is 0 Å². The van der Waals surface area contributed by atoms with Crippen LogP contribution >= 0.6 is 0 Å². The summed E-state index contributed by atoms with van der Waals surface area (Å²) < 4.78 is 14.0. The van der Waals surface area contributed by atoms with Crippen molar-refractivity contribution in [2.24, 2.45) is 35.5 Å². The van der Waals surface area contributed by atoms with E-state index < -0.39 is 0 Å². The first-order valence-electron chi connectivity index (χ1n) is 13.0. The van der Waals surface area contributed by atoms with Crippen LogP contribution < -0.4 is 0 Å². The summed E-state index contributed by atoms with van der Waals surface area (Å²) in [5.74, 6) is 6.01. The van der Waals surface area contributed by atoms with Gasteiger partial charge in [0.05, 0.1) is 23.4 Å². The van der Waals surface area contributed by atoms with Gasteiger partial charge in [-0.15, -0.1) is 0 Å². The van der Waals surface area contributed by atoms with E-state index in [0.717, 1.165) is 35.5 Å². The van der Waals surface area contributed by atoms with E-state index in [2.05, 4.69) is 0 Å². The Balaban J connectivity index is 0.966. The van der Waals surface area contributed by atoms with Crippen molar-refractivity contribution < 1.29 is 9.47 Å². The normalized spacial score (nSPS) is 59.1. The van der Waals surface area contributed by atoms with Crippen LogP contribution in [0.15, 0.2) is 0 Å². The molecule has 28 heavy (non-hydrogen) atoms. The van der Waals surface area contributed by atoms with Gasteiger partial charge in [0.15, 0.2) is 0 Å². The van der Waals surface area contributed by atoms with Gasteiger partial charge in [0, 0.05) is 0 Å². The Morgan fingerprint density at radius 3 is 0.893 bits per heavy atom. The summed E-state index contributed by atoms with van der Waals surface area (Å²) >= 11 is 0. The van der Waals surface area contributed by atoms with Gasteiger partial charge in [-0.3, -0.25) is 0 Å². The average molecular weight is 385 g/mol. The molecule has 0 amide bonds. The lowest BCUT2D eigenvalue weighted by molar-refractivity contribution is -0.216. The molecule has 0 aromatic heterocycles. The minimum atomic E-state index is 0.299. The fraction of sp³-hybridized carbons (Fsp3) is 1.00. The number of hydrogen-bond donors (Lipinski definition) is 0. The first-order valence-corrected chi connectivity index (χ1v) is 13.0. The van der Waals surface area contributed by atoms with E-state index in [1.54, 1.807) is 0 Å². The van der Waals surface area contributed by atoms with E-state index in [1.165, 1.54) is 103 Å². The van der Waals surface area contributed by atoms with E-state index in [-0.39, 0.29) is 0 Å². The summed E-state index contributed by atoms with van der Waals surface area (Å²) in [4.78, 5) is 0. The number of rotatable bonds is 4. The highest BCUT2D eigenvalue weighted by molar-refractivity contribution is 5.05. The molecule has 0 heterocycles. The van der Waals surface area contributed by atoms with Crippen LogP contribution in [0, 0.1) is 35.5 Å². The molecule has 9 aliphatic carbocycles. The smallest absolute Gasteiger partial charge is 0.0694 e. The molecule has 9 aliphatic rings. The van der Waals surface area contributed by atoms with Crippen LogP contribution in [-0.2, 0) is 9.47 Å². The van der Waals surface area contributed by atoms with Crippen molar-refractivity contribution in [1.29, 1.82) is 0 Å². The Kier molecular flexibility index (Phi) is 3.91. The van der Waals surface area contributed by atoms with Gasteiger partial charge in [0.1, 0.15) is 0 Å².